The van der Waals surface area contributed by atoms with Crippen molar-refractivity contribution < 1.29 is 14.7 Å². The quantitative estimate of drug-likeness (QED) is 0.782. The minimum atomic E-state index is -0.790. The second-order valence-electron chi connectivity index (χ2n) is 5.64. The van der Waals surface area contributed by atoms with Crippen molar-refractivity contribution in [3.63, 3.8) is 0 Å². The number of unbranched alkanes of at least 4 members (excludes halogenated alkanes) is 2. The van der Waals surface area contributed by atoms with Gasteiger partial charge in [-0.05, 0) is 26.2 Å². The second kappa shape index (κ2) is 8.12. The molecule has 0 aromatic heterocycles. The lowest BCUT2D eigenvalue weighted by molar-refractivity contribution is -0.142. The van der Waals surface area contributed by atoms with E-state index in [1.54, 1.807) is 4.90 Å². The zero-order chi connectivity index (χ0) is 15.1. The lowest BCUT2D eigenvalue weighted by Crippen LogP contribution is -2.46. The van der Waals surface area contributed by atoms with Crippen LogP contribution in [0.2, 0.25) is 0 Å². The van der Waals surface area contributed by atoms with Gasteiger partial charge in [0.1, 0.15) is 0 Å². The predicted octanol–water partition coefficient (Wildman–Crippen LogP) is 2.80. The number of hydrogen-bond acceptors (Lipinski definition) is 2. The fourth-order valence-corrected chi connectivity index (χ4v) is 2.72. The van der Waals surface area contributed by atoms with E-state index < -0.39 is 11.9 Å². The molecule has 0 aliphatic carbocycles. The maximum atomic E-state index is 12.6. The first-order valence-corrected chi connectivity index (χ1v) is 7.81. The second-order valence-corrected chi connectivity index (χ2v) is 5.64. The van der Waals surface area contributed by atoms with Gasteiger partial charge in [-0.2, -0.15) is 0 Å². The number of nitrogens with zero attached hydrogens (tertiary/aromatic N) is 2. The third kappa shape index (κ3) is 4.12. The SMILES string of the molecule is CCCCN(CCCC)C(=O)N1CCC(C(=O)O)C1C. The van der Waals surface area contributed by atoms with E-state index in [2.05, 4.69) is 13.8 Å². The average Bonchev–Trinajstić information content (AvgIpc) is 2.80. The Kier molecular flexibility index (Phi) is 6.82. The van der Waals surface area contributed by atoms with Crippen molar-refractivity contribution in [1.29, 1.82) is 0 Å². The molecule has 5 heteroatoms. The molecule has 1 saturated heterocycles. The summed E-state index contributed by atoms with van der Waals surface area (Å²) in [6, 6.07) is -0.186. The number of carbonyl (C=O) groups excluding carboxylic acids is 1. The number of hydrogen-bond donors (Lipinski definition) is 1. The normalized spacial score (nSPS) is 22.1. The first kappa shape index (κ1) is 16.8. The molecule has 1 aliphatic rings. The molecule has 20 heavy (non-hydrogen) atoms. The Bertz CT molecular complexity index is 325. The van der Waals surface area contributed by atoms with Crippen molar-refractivity contribution >= 4 is 12.0 Å². The van der Waals surface area contributed by atoms with Gasteiger partial charge in [-0.15, -0.1) is 0 Å². The van der Waals surface area contributed by atoms with Crippen molar-refractivity contribution in [3.8, 4) is 0 Å². The third-order valence-corrected chi connectivity index (χ3v) is 4.15. The highest BCUT2D eigenvalue weighted by Crippen LogP contribution is 2.25. The van der Waals surface area contributed by atoms with Gasteiger partial charge in [0.15, 0.2) is 0 Å². The molecule has 1 heterocycles. The van der Waals surface area contributed by atoms with E-state index in [1.807, 2.05) is 11.8 Å². The van der Waals surface area contributed by atoms with Gasteiger partial charge >= 0.3 is 12.0 Å². The van der Waals surface area contributed by atoms with Crippen LogP contribution in [0.15, 0.2) is 0 Å². The Labute approximate surface area is 121 Å². The van der Waals surface area contributed by atoms with Crippen molar-refractivity contribution in [2.45, 2.75) is 58.9 Å². The minimum absolute atomic E-state index is 0.0168. The highest BCUT2D eigenvalue weighted by atomic mass is 16.4. The van der Waals surface area contributed by atoms with E-state index >= 15 is 0 Å². The minimum Gasteiger partial charge on any atom is -0.481 e. The van der Waals surface area contributed by atoms with E-state index in [0.29, 0.717) is 13.0 Å². The van der Waals surface area contributed by atoms with Crippen LogP contribution in [0, 0.1) is 5.92 Å². The molecule has 116 valence electrons. The summed E-state index contributed by atoms with van der Waals surface area (Å²) in [4.78, 5) is 27.4. The summed E-state index contributed by atoms with van der Waals surface area (Å²) in [6.45, 7) is 8.18. The molecule has 0 aromatic rings. The summed E-state index contributed by atoms with van der Waals surface area (Å²) in [5.74, 6) is -1.21. The van der Waals surface area contributed by atoms with E-state index in [4.69, 9.17) is 5.11 Å². The Morgan fingerprint density at radius 2 is 1.75 bits per heavy atom. The van der Waals surface area contributed by atoms with Crippen molar-refractivity contribution in [2.75, 3.05) is 19.6 Å². The Hall–Kier alpha value is -1.26. The van der Waals surface area contributed by atoms with Crippen LogP contribution < -0.4 is 0 Å². The van der Waals surface area contributed by atoms with Gasteiger partial charge in [0.25, 0.3) is 0 Å². The summed E-state index contributed by atoms with van der Waals surface area (Å²) in [6.07, 6.45) is 4.68. The molecule has 0 spiro atoms. The van der Waals surface area contributed by atoms with Gasteiger partial charge in [0.2, 0.25) is 0 Å². The lowest BCUT2D eigenvalue weighted by atomic mass is 10.0. The van der Waals surface area contributed by atoms with E-state index in [1.165, 1.54) is 0 Å². The van der Waals surface area contributed by atoms with Gasteiger partial charge in [0.05, 0.1) is 5.92 Å². The molecule has 1 fully saturated rings. The standard InChI is InChI=1S/C15H28N2O3/c1-4-6-9-16(10-7-5-2)15(20)17-11-8-13(12(17)3)14(18)19/h12-13H,4-11H2,1-3H3,(H,18,19). The van der Waals surface area contributed by atoms with Crippen LogP contribution in [0.3, 0.4) is 0 Å². The van der Waals surface area contributed by atoms with Crippen molar-refractivity contribution in [2.24, 2.45) is 5.92 Å². The number of carboxylic acid groups (broad SMARTS) is 1. The van der Waals surface area contributed by atoms with Gasteiger partial charge in [0, 0.05) is 25.7 Å². The van der Waals surface area contributed by atoms with Crippen LogP contribution in [0.4, 0.5) is 4.79 Å². The van der Waals surface area contributed by atoms with Crippen molar-refractivity contribution in [1.82, 2.24) is 9.80 Å². The van der Waals surface area contributed by atoms with Crippen LogP contribution in [0.1, 0.15) is 52.9 Å². The van der Waals surface area contributed by atoms with Crippen LogP contribution >= 0.6 is 0 Å². The molecule has 0 aromatic carbocycles. The summed E-state index contributed by atoms with van der Waals surface area (Å²) in [5.41, 5.74) is 0. The van der Waals surface area contributed by atoms with Gasteiger partial charge in [-0.3, -0.25) is 4.79 Å². The summed E-state index contributed by atoms with van der Waals surface area (Å²) in [5, 5.41) is 9.15. The molecule has 2 amide bonds. The number of likely N-dealkylation sites (tertiary alicyclic amines) is 1. The maximum Gasteiger partial charge on any atom is 0.320 e. The van der Waals surface area contributed by atoms with E-state index in [9.17, 15) is 9.59 Å². The molecular weight excluding hydrogens is 256 g/mol. The molecule has 0 bridgehead atoms. The van der Waals surface area contributed by atoms with Crippen LogP contribution in [0.5, 0.6) is 0 Å². The van der Waals surface area contributed by atoms with Crippen LogP contribution in [-0.4, -0.2) is 52.6 Å². The lowest BCUT2D eigenvalue weighted by Gasteiger charge is -2.31. The fraction of sp³-hybridized carbons (Fsp3) is 0.867. The first-order chi connectivity index (χ1) is 9.52. The number of aliphatic carboxylic acids is 1. The molecular formula is C15H28N2O3. The van der Waals surface area contributed by atoms with Gasteiger partial charge in [-0.25, -0.2) is 4.79 Å². The number of rotatable bonds is 7. The van der Waals surface area contributed by atoms with Gasteiger partial charge in [-0.1, -0.05) is 26.7 Å². The first-order valence-electron chi connectivity index (χ1n) is 7.81. The van der Waals surface area contributed by atoms with Crippen molar-refractivity contribution in [3.05, 3.63) is 0 Å². The average molecular weight is 284 g/mol. The zero-order valence-electron chi connectivity index (χ0n) is 13.0. The Balaban J connectivity index is 2.66. The van der Waals surface area contributed by atoms with E-state index in [0.717, 1.165) is 38.8 Å². The molecule has 2 unspecified atom stereocenters. The van der Waals surface area contributed by atoms with Crippen LogP contribution in [-0.2, 0) is 4.79 Å². The topological polar surface area (TPSA) is 60.9 Å². The number of amides is 2. The number of urea groups is 1. The summed E-state index contributed by atoms with van der Waals surface area (Å²) < 4.78 is 0. The molecule has 0 radical (unpaired) electrons. The third-order valence-electron chi connectivity index (χ3n) is 4.15. The number of carbonyl (C=O) groups is 2. The summed E-state index contributed by atoms with van der Waals surface area (Å²) in [7, 11) is 0. The monoisotopic (exact) mass is 284 g/mol. The molecule has 1 aliphatic heterocycles. The maximum absolute atomic E-state index is 12.6. The highest BCUT2D eigenvalue weighted by molar-refractivity contribution is 5.78. The zero-order valence-corrected chi connectivity index (χ0v) is 13.0. The smallest absolute Gasteiger partial charge is 0.320 e. The summed E-state index contributed by atoms with van der Waals surface area (Å²) >= 11 is 0. The van der Waals surface area contributed by atoms with Gasteiger partial charge < -0.3 is 14.9 Å². The molecule has 1 N–H and O–H groups in total. The largest absolute Gasteiger partial charge is 0.481 e. The molecule has 2 atom stereocenters. The fourth-order valence-electron chi connectivity index (χ4n) is 2.72. The highest BCUT2D eigenvalue weighted by Gasteiger charge is 2.39. The van der Waals surface area contributed by atoms with Crippen LogP contribution in [0.25, 0.3) is 0 Å². The molecule has 0 saturated carbocycles. The van der Waals surface area contributed by atoms with E-state index in [-0.39, 0.29) is 12.1 Å². The molecule has 1 rings (SSSR count). The predicted molar refractivity (Wildman–Crippen MR) is 78.7 cm³/mol. The Morgan fingerprint density at radius 1 is 1.20 bits per heavy atom. The Morgan fingerprint density at radius 3 is 2.15 bits per heavy atom. The molecule has 5 nitrogen and oxygen atoms in total. The number of carboxylic acids is 1.